The number of likely N-dealkylation sites (N-methyl/N-ethyl adjacent to an activating group) is 1. The molecule has 0 radical (unpaired) electrons. The number of nitrogens with zero attached hydrogens (tertiary/aromatic N) is 1. The van der Waals surface area contributed by atoms with Gasteiger partial charge in [-0.25, -0.2) is 0 Å². The fraction of sp³-hybridized carbons (Fsp3) is 0.417. The molecular weight excluding hydrogens is 380 g/mol. The van der Waals surface area contributed by atoms with Crippen LogP contribution in [-0.4, -0.2) is 35.1 Å². The van der Waals surface area contributed by atoms with E-state index in [0.29, 0.717) is 25.3 Å². The van der Waals surface area contributed by atoms with Crippen molar-refractivity contribution in [2.75, 3.05) is 12.3 Å². The van der Waals surface area contributed by atoms with Crippen molar-refractivity contribution in [1.82, 2.24) is 10.2 Å². The zero-order chi connectivity index (χ0) is 21.2. The number of nitrogens with one attached hydrogen (secondary N) is 1. The first kappa shape index (κ1) is 23.0. The van der Waals surface area contributed by atoms with Gasteiger partial charge in [0.15, 0.2) is 0 Å². The van der Waals surface area contributed by atoms with Crippen molar-refractivity contribution in [2.24, 2.45) is 0 Å². The number of aryl methyl sites for hydroxylation is 2. The summed E-state index contributed by atoms with van der Waals surface area (Å²) in [5.41, 5.74) is 4.65. The molecule has 0 aliphatic rings. The second-order valence-corrected chi connectivity index (χ2v) is 8.29. The summed E-state index contributed by atoms with van der Waals surface area (Å²) in [5, 5.41) is 2.88. The van der Waals surface area contributed by atoms with Crippen LogP contribution in [0.1, 0.15) is 42.5 Å². The Kier molecular flexibility index (Phi) is 9.26. The van der Waals surface area contributed by atoms with Crippen LogP contribution < -0.4 is 5.32 Å². The molecule has 0 saturated heterocycles. The molecule has 5 heteroatoms. The minimum absolute atomic E-state index is 0.00123. The Morgan fingerprint density at radius 1 is 1.00 bits per heavy atom. The van der Waals surface area contributed by atoms with Crippen LogP contribution in [0, 0.1) is 13.8 Å². The average Bonchev–Trinajstić information content (AvgIpc) is 2.69. The maximum Gasteiger partial charge on any atom is 0.242 e. The Labute approximate surface area is 179 Å². The number of amides is 2. The predicted molar refractivity (Wildman–Crippen MR) is 122 cm³/mol. The second-order valence-electron chi connectivity index (χ2n) is 7.31. The summed E-state index contributed by atoms with van der Waals surface area (Å²) >= 11 is 1.59. The van der Waals surface area contributed by atoms with E-state index in [4.69, 9.17) is 0 Å². The molecule has 2 rings (SSSR count). The maximum absolute atomic E-state index is 13.1. The van der Waals surface area contributed by atoms with E-state index in [9.17, 15) is 9.59 Å². The van der Waals surface area contributed by atoms with Gasteiger partial charge in [0.2, 0.25) is 11.8 Å². The summed E-state index contributed by atoms with van der Waals surface area (Å²) in [5.74, 6) is 1.06. The number of hydrogen-bond donors (Lipinski definition) is 1. The summed E-state index contributed by atoms with van der Waals surface area (Å²) in [6.45, 7) is 8.96. The first-order valence-corrected chi connectivity index (χ1v) is 11.4. The largest absolute Gasteiger partial charge is 0.355 e. The summed E-state index contributed by atoms with van der Waals surface area (Å²) in [6, 6.07) is 16.0. The Morgan fingerprint density at radius 3 is 2.34 bits per heavy atom. The van der Waals surface area contributed by atoms with Gasteiger partial charge in [0.05, 0.1) is 5.75 Å². The van der Waals surface area contributed by atoms with Gasteiger partial charge < -0.3 is 10.2 Å². The van der Waals surface area contributed by atoms with Crippen molar-refractivity contribution in [1.29, 1.82) is 0 Å². The molecule has 0 bridgehead atoms. The van der Waals surface area contributed by atoms with Gasteiger partial charge in [-0.3, -0.25) is 9.59 Å². The molecule has 4 nitrogen and oxygen atoms in total. The quantitative estimate of drug-likeness (QED) is 0.626. The summed E-state index contributed by atoms with van der Waals surface area (Å²) in [4.78, 5) is 27.4. The third-order valence-corrected chi connectivity index (χ3v) is 5.78. The van der Waals surface area contributed by atoms with E-state index in [0.717, 1.165) is 11.3 Å². The molecule has 0 saturated carbocycles. The lowest BCUT2D eigenvalue weighted by Crippen LogP contribution is -2.49. The number of hydrogen-bond acceptors (Lipinski definition) is 3. The van der Waals surface area contributed by atoms with Gasteiger partial charge in [-0.15, -0.1) is 11.8 Å². The highest BCUT2D eigenvalue weighted by Crippen LogP contribution is 2.18. The van der Waals surface area contributed by atoms with Crippen LogP contribution in [0.4, 0.5) is 0 Å². The van der Waals surface area contributed by atoms with E-state index in [1.165, 1.54) is 16.7 Å². The molecular formula is C24H32N2O2S. The molecule has 0 aromatic heterocycles. The summed E-state index contributed by atoms with van der Waals surface area (Å²) in [6.07, 6.45) is 0.589. The third-order valence-electron chi connectivity index (χ3n) is 4.79. The molecule has 0 fully saturated rings. The van der Waals surface area contributed by atoms with Crippen molar-refractivity contribution in [3.63, 3.8) is 0 Å². The fourth-order valence-electron chi connectivity index (χ4n) is 3.24. The molecule has 2 amide bonds. The van der Waals surface area contributed by atoms with Crippen molar-refractivity contribution in [3.8, 4) is 0 Å². The van der Waals surface area contributed by atoms with Crippen LogP contribution in [0.15, 0.2) is 48.5 Å². The molecule has 2 aromatic rings. The monoisotopic (exact) mass is 412 g/mol. The Bertz CT molecular complexity index is 805. The molecule has 156 valence electrons. The van der Waals surface area contributed by atoms with Gasteiger partial charge in [0, 0.05) is 18.8 Å². The van der Waals surface area contributed by atoms with E-state index < -0.39 is 6.04 Å². The van der Waals surface area contributed by atoms with Crippen molar-refractivity contribution < 1.29 is 9.59 Å². The summed E-state index contributed by atoms with van der Waals surface area (Å²) in [7, 11) is 0. The first-order chi connectivity index (χ1) is 13.9. The zero-order valence-electron chi connectivity index (χ0n) is 17.9. The van der Waals surface area contributed by atoms with Gasteiger partial charge in [-0.05, 0) is 38.3 Å². The minimum Gasteiger partial charge on any atom is -0.355 e. The highest BCUT2D eigenvalue weighted by atomic mass is 32.2. The molecule has 2 aromatic carbocycles. The van der Waals surface area contributed by atoms with Gasteiger partial charge in [-0.1, -0.05) is 66.6 Å². The van der Waals surface area contributed by atoms with Crippen molar-refractivity contribution in [2.45, 2.75) is 52.5 Å². The van der Waals surface area contributed by atoms with Crippen molar-refractivity contribution >= 4 is 23.6 Å². The summed E-state index contributed by atoms with van der Waals surface area (Å²) < 4.78 is 0. The number of carbonyl (C=O) groups is 2. The lowest BCUT2D eigenvalue weighted by atomic mass is 10.1. The number of carbonyl (C=O) groups excluding carboxylic acids is 2. The van der Waals surface area contributed by atoms with Gasteiger partial charge in [0.1, 0.15) is 6.04 Å². The standard InChI is InChI=1S/C24H32N2O2S/c1-5-22(24(28)25-6-2)26(15-20-12-10-18(3)11-13-20)23(27)17-29-16-21-9-7-8-19(4)14-21/h7-14,22H,5-6,15-17H2,1-4H3,(H,25,28). The highest BCUT2D eigenvalue weighted by molar-refractivity contribution is 7.99. The normalized spacial score (nSPS) is 11.7. The Morgan fingerprint density at radius 2 is 1.72 bits per heavy atom. The molecule has 1 atom stereocenters. The minimum atomic E-state index is -0.455. The molecule has 0 heterocycles. The Balaban J connectivity index is 2.10. The second kappa shape index (κ2) is 11.7. The Hall–Kier alpha value is -2.27. The number of rotatable bonds is 10. The van der Waals surface area contributed by atoms with Crippen LogP contribution >= 0.6 is 11.8 Å². The molecule has 0 aliphatic heterocycles. The first-order valence-electron chi connectivity index (χ1n) is 10.2. The predicted octanol–water partition coefficient (Wildman–Crippen LogP) is 4.48. The van der Waals surface area contributed by atoms with Gasteiger partial charge in [0.25, 0.3) is 0 Å². The topological polar surface area (TPSA) is 49.4 Å². The lowest BCUT2D eigenvalue weighted by Gasteiger charge is -2.30. The van der Waals surface area contributed by atoms with Gasteiger partial charge in [-0.2, -0.15) is 0 Å². The lowest BCUT2D eigenvalue weighted by molar-refractivity contribution is -0.139. The van der Waals surface area contributed by atoms with E-state index in [-0.39, 0.29) is 11.8 Å². The van der Waals surface area contributed by atoms with E-state index >= 15 is 0 Å². The maximum atomic E-state index is 13.1. The molecule has 29 heavy (non-hydrogen) atoms. The van der Waals surface area contributed by atoms with Crippen LogP contribution in [0.3, 0.4) is 0 Å². The molecule has 1 unspecified atom stereocenters. The van der Waals surface area contributed by atoms with E-state index in [2.05, 4.69) is 30.4 Å². The van der Waals surface area contributed by atoms with Crippen LogP contribution in [-0.2, 0) is 21.9 Å². The van der Waals surface area contributed by atoms with Crippen LogP contribution in [0.2, 0.25) is 0 Å². The van der Waals surface area contributed by atoms with E-state index in [1.807, 2.05) is 51.1 Å². The zero-order valence-corrected chi connectivity index (χ0v) is 18.7. The van der Waals surface area contributed by atoms with Gasteiger partial charge >= 0.3 is 0 Å². The highest BCUT2D eigenvalue weighted by Gasteiger charge is 2.28. The number of thioether (sulfide) groups is 1. The van der Waals surface area contributed by atoms with E-state index in [1.54, 1.807) is 16.7 Å². The molecule has 1 N–H and O–H groups in total. The fourth-order valence-corrected chi connectivity index (χ4v) is 4.10. The SMILES string of the molecule is CCNC(=O)C(CC)N(Cc1ccc(C)cc1)C(=O)CSCc1cccc(C)c1. The smallest absolute Gasteiger partial charge is 0.242 e. The molecule has 0 aliphatic carbocycles. The average molecular weight is 413 g/mol. The number of benzene rings is 2. The van der Waals surface area contributed by atoms with Crippen molar-refractivity contribution in [3.05, 3.63) is 70.8 Å². The van der Waals surface area contributed by atoms with Crippen LogP contribution in [0.5, 0.6) is 0 Å². The third kappa shape index (κ3) is 7.24. The molecule has 0 spiro atoms. The van der Waals surface area contributed by atoms with Crippen LogP contribution in [0.25, 0.3) is 0 Å².